The van der Waals surface area contributed by atoms with Gasteiger partial charge in [0.2, 0.25) is 0 Å². The Balaban J connectivity index is 2.38. The van der Waals surface area contributed by atoms with Crippen LogP contribution in [0, 0.1) is 11.3 Å². The minimum Gasteiger partial charge on any atom is -0.481 e. The maximum atomic E-state index is 10.6. The van der Waals surface area contributed by atoms with Crippen LogP contribution in [-0.4, -0.2) is 23.7 Å². The van der Waals surface area contributed by atoms with Gasteiger partial charge in [0, 0.05) is 6.04 Å². The number of hydrogen-bond acceptors (Lipinski definition) is 2. The van der Waals surface area contributed by atoms with Crippen LogP contribution in [0.1, 0.15) is 46.5 Å². The van der Waals surface area contributed by atoms with E-state index in [1.165, 1.54) is 12.8 Å². The number of carbonyl (C=O) groups is 1. The molecule has 2 atom stereocenters. The average Bonchev–Trinajstić information content (AvgIpc) is 1.99. The van der Waals surface area contributed by atoms with E-state index in [4.69, 9.17) is 5.11 Å². The molecule has 1 rings (SSSR count). The quantitative estimate of drug-likeness (QED) is 0.756. The van der Waals surface area contributed by atoms with Gasteiger partial charge in [-0.3, -0.25) is 4.79 Å². The maximum Gasteiger partial charge on any atom is 0.304 e. The van der Waals surface area contributed by atoms with E-state index in [1.807, 2.05) is 0 Å². The molecule has 0 amide bonds. The molecule has 0 aromatic heterocycles. The lowest BCUT2D eigenvalue weighted by atomic mass is 9.78. The highest BCUT2D eigenvalue weighted by Gasteiger charge is 2.26. The van der Waals surface area contributed by atoms with Crippen molar-refractivity contribution in [1.29, 1.82) is 0 Å². The van der Waals surface area contributed by atoms with E-state index in [0.29, 0.717) is 11.3 Å². The summed E-state index contributed by atoms with van der Waals surface area (Å²) < 4.78 is 0. The molecule has 2 unspecified atom stereocenters. The summed E-state index contributed by atoms with van der Waals surface area (Å²) >= 11 is 0. The zero-order chi connectivity index (χ0) is 11.5. The second kappa shape index (κ2) is 4.97. The summed E-state index contributed by atoms with van der Waals surface area (Å²) in [5.41, 5.74) is 0.357. The van der Waals surface area contributed by atoms with Crippen molar-refractivity contribution in [3.05, 3.63) is 0 Å². The van der Waals surface area contributed by atoms with Crippen LogP contribution >= 0.6 is 0 Å². The van der Waals surface area contributed by atoms with Crippen LogP contribution in [0.5, 0.6) is 0 Å². The molecular weight excluding hydrogens is 190 g/mol. The molecule has 3 nitrogen and oxygen atoms in total. The predicted molar refractivity (Wildman–Crippen MR) is 60.8 cm³/mol. The molecule has 0 spiro atoms. The fourth-order valence-corrected chi connectivity index (χ4v) is 2.51. The molecule has 88 valence electrons. The molecule has 1 saturated heterocycles. The lowest BCUT2D eigenvalue weighted by Gasteiger charge is -2.33. The van der Waals surface area contributed by atoms with Crippen molar-refractivity contribution >= 4 is 5.97 Å². The SMILES string of the molecule is CC(C)(C)CC1CCNC(CC(=O)O)C1. The van der Waals surface area contributed by atoms with Crippen LogP contribution < -0.4 is 5.32 Å². The van der Waals surface area contributed by atoms with Gasteiger partial charge in [0.25, 0.3) is 0 Å². The Labute approximate surface area is 92.3 Å². The molecule has 0 saturated carbocycles. The van der Waals surface area contributed by atoms with Crippen LogP contribution in [-0.2, 0) is 4.79 Å². The molecule has 1 aliphatic heterocycles. The van der Waals surface area contributed by atoms with Crippen LogP contribution in [0.3, 0.4) is 0 Å². The van der Waals surface area contributed by atoms with Gasteiger partial charge in [0.05, 0.1) is 6.42 Å². The summed E-state index contributed by atoms with van der Waals surface area (Å²) in [6, 6.07) is 0.184. The van der Waals surface area contributed by atoms with Gasteiger partial charge >= 0.3 is 5.97 Å². The first-order chi connectivity index (χ1) is 6.87. The van der Waals surface area contributed by atoms with Crippen LogP contribution in [0.25, 0.3) is 0 Å². The van der Waals surface area contributed by atoms with Gasteiger partial charge in [-0.15, -0.1) is 0 Å². The Morgan fingerprint density at radius 2 is 2.13 bits per heavy atom. The van der Waals surface area contributed by atoms with Crippen LogP contribution in [0.4, 0.5) is 0 Å². The summed E-state index contributed by atoms with van der Waals surface area (Å²) in [4.78, 5) is 10.6. The summed E-state index contributed by atoms with van der Waals surface area (Å²) in [5, 5.41) is 12.0. The molecule has 0 aromatic rings. The lowest BCUT2D eigenvalue weighted by Crippen LogP contribution is -2.40. The summed E-state index contributed by atoms with van der Waals surface area (Å²) in [7, 11) is 0. The fraction of sp³-hybridized carbons (Fsp3) is 0.917. The Morgan fingerprint density at radius 1 is 1.47 bits per heavy atom. The number of hydrogen-bond donors (Lipinski definition) is 2. The van der Waals surface area contributed by atoms with Gasteiger partial charge in [0.1, 0.15) is 0 Å². The Morgan fingerprint density at radius 3 is 2.67 bits per heavy atom. The summed E-state index contributed by atoms with van der Waals surface area (Å²) in [6.45, 7) is 7.72. The van der Waals surface area contributed by atoms with Crippen molar-refractivity contribution in [2.24, 2.45) is 11.3 Å². The zero-order valence-electron chi connectivity index (χ0n) is 10.0. The van der Waals surface area contributed by atoms with Crippen LogP contribution in [0.2, 0.25) is 0 Å². The van der Waals surface area contributed by atoms with Crippen molar-refractivity contribution < 1.29 is 9.90 Å². The van der Waals surface area contributed by atoms with Gasteiger partial charge in [-0.25, -0.2) is 0 Å². The number of aliphatic carboxylic acids is 1. The summed E-state index contributed by atoms with van der Waals surface area (Å²) in [6.07, 6.45) is 3.67. The molecule has 0 aliphatic carbocycles. The smallest absolute Gasteiger partial charge is 0.304 e. The van der Waals surface area contributed by atoms with E-state index in [2.05, 4.69) is 26.1 Å². The first-order valence-electron chi connectivity index (χ1n) is 5.82. The number of rotatable bonds is 3. The molecule has 3 heteroatoms. The zero-order valence-corrected chi connectivity index (χ0v) is 10.0. The molecule has 1 heterocycles. The number of piperidine rings is 1. The maximum absolute atomic E-state index is 10.6. The highest BCUT2D eigenvalue weighted by molar-refractivity contribution is 5.67. The van der Waals surface area contributed by atoms with Crippen LogP contribution in [0.15, 0.2) is 0 Å². The third-order valence-electron chi connectivity index (χ3n) is 2.93. The highest BCUT2D eigenvalue weighted by atomic mass is 16.4. The highest BCUT2D eigenvalue weighted by Crippen LogP contribution is 2.31. The van der Waals surface area contributed by atoms with Crippen molar-refractivity contribution in [3.63, 3.8) is 0 Å². The van der Waals surface area contributed by atoms with E-state index in [0.717, 1.165) is 13.0 Å². The van der Waals surface area contributed by atoms with Crippen molar-refractivity contribution in [2.75, 3.05) is 6.54 Å². The van der Waals surface area contributed by atoms with E-state index in [9.17, 15) is 4.79 Å². The summed E-state index contributed by atoms with van der Waals surface area (Å²) in [5.74, 6) is -0.000455. The minimum atomic E-state index is -0.691. The second-order valence-corrected chi connectivity index (χ2v) is 5.90. The van der Waals surface area contributed by atoms with Crippen molar-refractivity contribution in [2.45, 2.75) is 52.5 Å². The normalized spacial score (nSPS) is 27.7. The largest absolute Gasteiger partial charge is 0.481 e. The first kappa shape index (κ1) is 12.5. The molecule has 0 aromatic carbocycles. The number of carboxylic acid groups (broad SMARTS) is 1. The Bertz CT molecular complexity index is 220. The Kier molecular flexibility index (Phi) is 4.14. The average molecular weight is 213 g/mol. The molecule has 2 N–H and O–H groups in total. The van der Waals surface area contributed by atoms with Gasteiger partial charge in [0.15, 0.2) is 0 Å². The molecular formula is C12H23NO2. The first-order valence-corrected chi connectivity index (χ1v) is 5.82. The van der Waals surface area contributed by atoms with Gasteiger partial charge in [-0.05, 0) is 37.1 Å². The van der Waals surface area contributed by atoms with Crippen molar-refractivity contribution in [1.82, 2.24) is 5.32 Å². The van der Waals surface area contributed by atoms with E-state index >= 15 is 0 Å². The lowest BCUT2D eigenvalue weighted by molar-refractivity contribution is -0.137. The monoisotopic (exact) mass is 213 g/mol. The molecule has 1 aliphatic rings. The van der Waals surface area contributed by atoms with E-state index in [-0.39, 0.29) is 12.5 Å². The van der Waals surface area contributed by atoms with Crippen molar-refractivity contribution in [3.8, 4) is 0 Å². The molecule has 1 fully saturated rings. The number of nitrogens with one attached hydrogen (secondary N) is 1. The number of carboxylic acids is 1. The third-order valence-corrected chi connectivity index (χ3v) is 2.93. The molecule has 0 radical (unpaired) electrons. The van der Waals surface area contributed by atoms with Gasteiger partial charge in [-0.1, -0.05) is 20.8 Å². The molecule has 15 heavy (non-hydrogen) atoms. The second-order valence-electron chi connectivity index (χ2n) is 5.90. The topological polar surface area (TPSA) is 49.3 Å². The Hall–Kier alpha value is -0.570. The third kappa shape index (κ3) is 5.17. The van der Waals surface area contributed by atoms with E-state index in [1.54, 1.807) is 0 Å². The minimum absolute atomic E-state index is 0.184. The standard InChI is InChI=1S/C12H23NO2/c1-12(2,3)8-9-4-5-13-10(6-9)7-11(14)15/h9-10,13H,4-8H2,1-3H3,(H,14,15). The predicted octanol–water partition coefficient (Wildman–Crippen LogP) is 2.27. The fourth-order valence-electron chi connectivity index (χ4n) is 2.51. The molecule has 0 bridgehead atoms. The van der Waals surface area contributed by atoms with E-state index < -0.39 is 5.97 Å². The van der Waals surface area contributed by atoms with Gasteiger partial charge in [-0.2, -0.15) is 0 Å². The van der Waals surface area contributed by atoms with Gasteiger partial charge < -0.3 is 10.4 Å².